The molecule has 0 saturated carbocycles. The lowest BCUT2D eigenvalue weighted by Gasteiger charge is -2.20. The number of anilines is 2. The van der Waals surface area contributed by atoms with Crippen LogP contribution in [0.3, 0.4) is 0 Å². The Bertz CT molecular complexity index is 703. The fourth-order valence-corrected chi connectivity index (χ4v) is 2.48. The molecule has 0 saturated heterocycles. The predicted molar refractivity (Wildman–Crippen MR) is 104 cm³/mol. The van der Waals surface area contributed by atoms with Gasteiger partial charge < -0.3 is 10.1 Å². The summed E-state index contributed by atoms with van der Waals surface area (Å²) in [6.45, 7) is 9.80. The lowest BCUT2D eigenvalue weighted by Crippen LogP contribution is -2.27. The summed E-state index contributed by atoms with van der Waals surface area (Å²) in [6, 6.07) is 16.4. The average molecular weight is 340 g/mol. The first kappa shape index (κ1) is 18.8. The van der Waals surface area contributed by atoms with Gasteiger partial charge in [0.15, 0.2) is 0 Å². The molecule has 0 radical (unpaired) electrons. The summed E-state index contributed by atoms with van der Waals surface area (Å²) >= 11 is 0. The normalized spacial score (nSPS) is 12.4. The highest BCUT2D eigenvalue weighted by Gasteiger charge is 2.16. The van der Waals surface area contributed by atoms with Crippen LogP contribution < -0.4 is 10.6 Å². The molecule has 134 valence electrons. The number of carbonyl (C=O) groups is 1. The van der Waals surface area contributed by atoms with Crippen molar-refractivity contribution in [1.82, 2.24) is 0 Å². The second-order valence-corrected chi connectivity index (χ2v) is 7.17. The van der Waals surface area contributed by atoms with Gasteiger partial charge in [-0.1, -0.05) is 37.3 Å². The summed E-state index contributed by atoms with van der Waals surface area (Å²) in [5.41, 5.74) is 3.69. The van der Waals surface area contributed by atoms with Crippen LogP contribution >= 0.6 is 0 Å². The highest BCUT2D eigenvalue weighted by Crippen LogP contribution is 2.22. The molecule has 0 aliphatic carbocycles. The van der Waals surface area contributed by atoms with Gasteiger partial charge in [-0.3, -0.25) is 5.32 Å². The van der Waals surface area contributed by atoms with Crippen molar-refractivity contribution in [1.29, 1.82) is 0 Å². The zero-order valence-electron chi connectivity index (χ0n) is 15.7. The van der Waals surface area contributed by atoms with Crippen molar-refractivity contribution in [2.24, 2.45) is 0 Å². The maximum Gasteiger partial charge on any atom is 0.412 e. The van der Waals surface area contributed by atoms with E-state index >= 15 is 0 Å². The van der Waals surface area contributed by atoms with Gasteiger partial charge in [-0.05, 0) is 63.4 Å². The molecular formula is C21H28N2O2. The first-order valence-corrected chi connectivity index (χ1v) is 8.72. The van der Waals surface area contributed by atoms with Crippen LogP contribution in [0.2, 0.25) is 0 Å². The fourth-order valence-electron chi connectivity index (χ4n) is 2.48. The Kier molecular flexibility index (Phi) is 6.07. The van der Waals surface area contributed by atoms with E-state index in [0.717, 1.165) is 12.1 Å². The molecule has 2 rings (SSSR count). The number of carbonyl (C=O) groups excluding carboxylic acids is 1. The molecule has 4 nitrogen and oxygen atoms in total. The number of rotatable bonds is 5. The summed E-state index contributed by atoms with van der Waals surface area (Å²) in [6.07, 6.45) is 0.591. The van der Waals surface area contributed by atoms with Gasteiger partial charge in [0.05, 0.1) is 0 Å². The van der Waals surface area contributed by atoms with E-state index < -0.39 is 11.7 Å². The maximum atomic E-state index is 11.9. The van der Waals surface area contributed by atoms with Crippen LogP contribution in [-0.4, -0.2) is 11.7 Å². The third-order valence-electron chi connectivity index (χ3n) is 3.78. The largest absolute Gasteiger partial charge is 0.444 e. The lowest BCUT2D eigenvalue weighted by molar-refractivity contribution is 0.0636. The molecule has 1 atom stereocenters. The highest BCUT2D eigenvalue weighted by molar-refractivity contribution is 5.85. The number of amides is 1. The van der Waals surface area contributed by atoms with Crippen molar-refractivity contribution in [2.45, 2.75) is 52.7 Å². The second-order valence-electron chi connectivity index (χ2n) is 7.17. The summed E-state index contributed by atoms with van der Waals surface area (Å²) in [5.74, 6) is 0. The summed E-state index contributed by atoms with van der Waals surface area (Å²) < 4.78 is 5.28. The van der Waals surface area contributed by atoms with E-state index in [9.17, 15) is 4.79 Å². The van der Waals surface area contributed by atoms with E-state index in [-0.39, 0.29) is 6.04 Å². The number of hydrogen-bond donors (Lipinski definition) is 2. The molecule has 1 amide bonds. The van der Waals surface area contributed by atoms with Crippen molar-refractivity contribution in [3.05, 3.63) is 59.7 Å². The fraction of sp³-hybridized carbons (Fsp3) is 0.381. The van der Waals surface area contributed by atoms with Crippen LogP contribution in [0.4, 0.5) is 16.2 Å². The Morgan fingerprint density at radius 3 is 2.32 bits per heavy atom. The number of ether oxygens (including phenoxy) is 1. The monoisotopic (exact) mass is 340 g/mol. The van der Waals surface area contributed by atoms with Crippen LogP contribution in [-0.2, 0) is 11.2 Å². The molecule has 0 aliphatic rings. The Morgan fingerprint density at radius 2 is 1.72 bits per heavy atom. The molecule has 0 heterocycles. The minimum Gasteiger partial charge on any atom is -0.444 e. The molecule has 0 aromatic heterocycles. The van der Waals surface area contributed by atoms with Crippen LogP contribution in [0.5, 0.6) is 0 Å². The average Bonchev–Trinajstić information content (AvgIpc) is 2.53. The number of benzene rings is 2. The highest BCUT2D eigenvalue weighted by atomic mass is 16.6. The first-order valence-electron chi connectivity index (χ1n) is 8.72. The molecule has 0 bridgehead atoms. The lowest BCUT2D eigenvalue weighted by atomic mass is 10.0. The molecule has 1 unspecified atom stereocenters. The Labute approximate surface area is 150 Å². The van der Waals surface area contributed by atoms with Crippen molar-refractivity contribution in [2.75, 3.05) is 10.6 Å². The SMILES string of the molecule is CCc1ccc(C(C)Nc2cccc(NC(=O)OC(C)(C)C)c2)cc1. The smallest absolute Gasteiger partial charge is 0.412 e. The quantitative estimate of drug-likeness (QED) is 0.726. The molecule has 2 aromatic rings. The Balaban J connectivity index is 2.01. The molecule has 2 aromatic carbocycles. The molecular weight excluding hydrogens is 312 g/mol. The number of aryl methyl sites for hydroxylation is 1. The number of hydrogen-bond acceptors (Lipinski definition) is 3. The topological polar surface area (TPSA) is 50.4 Å². The second kappa shape index (κ2) is 8.06. The summed E-state index contributed by atoms with van der Waals surface area (Å²) in [4.78, 5) is 11.9. The molecule has 2 N–H and O–H groups in total. The Morgan fingerprint density at radius 1 is 1.08 bits per heavy atom. The maximum absolute atomic E-state index is 11.9. The zero-order valence-corrected chi connectivity index (χ0v) is 15.7. The van der Waals surface area contributed by atoms with Gasteiger partial charge in [0.2, 0.25) is 0 Å². The van der Waals surface area contributed by atoms with E-state index in [1.807, 2.05) is 45.0 Å². The number of nitrogens with one attached hydrogen (secondary N) is 2. The van der Waals surface area contributed by atoms with Crippen LogP contribution in [0, 0.1) is 0 Å². The minimum atomic E-state index is -0.515. The first-order chi connectivity index (χ1) is 11.8. The van der Waals surface area contributed by atoms with Gasteiger partial charge in [0, 0.05) is 17.4 Å². The van der Waals surface area contributed by atoms with Gasteiger partial charge in [-0.25, -0.2) is 4.79 Å². The van der Waals surface area contributed by atoms with Crippen LogP contribution in [0.15, 0.2) is 48.5 Å². The summed E-state index contributed by atoms with van der Waals surface area (Å²) in [7, 11) is 0. The van der Waals surface area contributed by atoms with Crippen molar-refractivity contribution in [3.8, 4) is 0 Å². The van der Waals surface area contributed by atoms with E-state index in [0.29, 0.717) is 5.69 Å². The molecule has 0 spiro atoms. The van der Waals surface area contributed by atoms with E-state index in [4.69, 9.17) is 4.74 Å². The zero-order chi connectivity index (χ0) is 18.4. The third kappa shape index (κ3) is 6.14. The van der Waals surface area contributed by atoms with Crippen LogP contribution in [0.25, 0.3) is 0 Å². The van der Waals surface area contributed by atoms with Gasteiger partial charge in [0.25, 0.3) is 0 Å². The van der Waals surface area contributed by atoms with Gasteiger partial charge in [0.1, 0.15) is 5.60 Å². The Hall–Kier alpha value is -2.49. The van der Waals surface area contributed by atoms with Crippen molar-refractivity contribution >= 4 is 17.5 Å². The summed E-state index contributed by atoms with van der Waals surface area (Å²) in [5, 5.41) is 6.23. The third-order valence-corrected chi connectivity index (χ3v) is 3.78. The van der Waals surface area contributed by atoms with Gasteiger partial charge >= 0.3 is 6.09 Å². The van der Waals surface area contributed by atoms with Gasteiger partial charge in [-0.15, -0.1) is 0 Å². The predicted octanol–water partition coefficient (Wildman–Crippen LogP) is 5.77. The molecule has 0 fully saturated rings. The molecule has 25 heavy (non-hydrogen) atoms. The van der Waals surface area contributed by atoms with E-state index in [1.165, 1.54) is 11.1 Å². The van der Waals surface area contributed by atoms with E-state index in [2.05, 4.69) is 48.7 Å². The van der Waals surface area contributed by atoms with Crippen molar-refractivity contribution < 1.29 is 9.53 Å². The van der Waals surface area contributed by atoms with E-state index in [1.54, 1.807) is 0 Å². The molecule has 4 heteroatoms. The standard InChI is InChI=1S/C21H28N2O2/c1-6-16-10-12-17(13-11-16)15(2)22-18-8-7-9-19(14-18)23-20(24)25-21(3,4)5/h7-15,22H,6H2,1-5H3,(H,23,24). The van der Waals surface area contributed by atoms with Gasteiger partial charge in [-0.2, -0.15) is 0 Å². The molecule has 0 aliphatic heterocycles. The van der Waals surface area contributed by atoms with Crippen molar-refractivity contribution in [3.63, 3.8) is 0 Å². The van der Waals surface area contributed by atoms with Crippen LogP contribution in [0.1, 0.15) is 51.8 Å². The minimum absolute atomic E-state index is 0.169.